The van der Waals surface area contributed by atoms with Crippen LogP contribution < -0.4 is 0 Å². The zero-order valence-electron chi connectivity index (χ0n) is 13.8. The maximum absolute atomic E-state index is 12.2. The van der Waals surface area contributed by atoms with Crippen LogP contribution in [-0.2, 0) is 19.1 Å². The maximum Gasteiger partial charge on any atom is 0.330 e. The van der Waals surface area contributed by atoms with Gasteiger partial charge in [-0.05, 0) is 64.2 Å². The summed E-state index contributed by atoms with van der Waals surface area (Å²) in [4.78, 5) is 23.7. The highest BCUT2D eigenvalue weighted by molar-refractivity contribution is 5.82. The van der Waals surface area contributed by atoms with Crippen molar-refractivity contribution in [2.24, 2.45) is 11.8 Å². The minimum Gasteiger partial charge on any atom is -0.462 e. The number of esters is 2. The minimum absolute atomic E-state index is 0.0176. The van der Waals surface area contributed by atoms with Crippen LogP contribution in [0.4, 0.5) is 0 Å². The molecule has 0 bridgehead atoms. The van der Waals surface area contributed by atoms with Gasteiger partial charge in [-0.1, -0.05) is 13.0 Å². The largest absolute Gasteiger partial charge is 0.462 e. The van der Waals surface area contributed by atoms with Crippen molar-refractivity contribution >= 4 is 11.9 Å². The highest BCUT2D eigenvalue weighted by atomic mass is 16.5. The molecule has 0 atom stereocenters. The van der Waals surface area contributed by atoms with Gasteiger partial charge in [0.15, 0.2) is 0 Å². The van der Waals surface area contributed by atoms with E-state index in [1.165, 1.54) is 6.08 Å². The van der Waals surface area contributed by atoms with E-state index in [2.05, 4.69) is 6.92 Å². The van der Waals surface area contributed by atoms with E-state index in [0.29, 0.717) is 0 Å². The van der Waals surface area contributed by atoms with Crippen molar-refractivity contribution in [3.63, 3.8) is 0 Å². The van der Waals surface area contributed by atoms with Crippen molar-refractivity contribution in [2.75, 3.05) is 0 Å². The molecule has 124 valence electrons. The lowest BCUT2D eigenvalue weighted by molar-refractivity contribution is -0.158. The average molecular weight is 308 g/mol. The lowest BCUT2D eigenvalue weighted by Crippen LogP contribution is -2.32. The van der Waals surface area contributed by atoms with Crippen molar-refractivity contribution in [1.29, 1.82) is 0 Å². The molecule has 0 unspecified atom stereocenters. The molecular formula is C18H28O4. The maximum atomic E-state index is 12.2. The van der Waals surface area contributed by atoms with Gasteiger partial charge in [-0.25, -0.2) is 4.79 Å². The van der Waals surface area contributed by atoms with Crippen molar-refractivity contribution < 1.29 is 19.1 Å². The molecule has 2 rings (SSSR count). The van der Waals surface area contributed by atoms with Crippen molar-refractivity contribution in [3.05, 3.63) is 12.2 Å². The Morgan fingerprint density at radius 1 is 0.864 bits per heavy atom. The van der Waals surface area contributed by atoms with Crippen LogP contribution in [0.1, 0.15) is 65.2 Å². The van der Waals surface area contributed by atoms with Gasteiger partial charge < -0.3 is 9.47 Å². The smallest absolute Gasteiger partial charge is 0.330 e. The molecule has 22 heavy (non-hydrogen) atoms. The summed E-state index contributed by atoms with van der Waals surface area (Å²) in [7, 11) is 0. The lowest BCUT2D eigenvalue weighted by atomic mass is 9.86. The van der Waals surface area contributed by atoms with E-state index in [-0.39, 0.29) is 30.1 Å². The molecule has 0 aromatic carbocycles. The Morgan fingerprint density at radius 2 is 1.41 bits per heavy atom. The summed E-state index contributed by atoms with van der Waals surface area (Å²) in [6.45, 7) is 4.05. The minimum atomic E-state index is -0.287. The summed E-state index contributed by atoms with van der Waals surface area (Å²) in [6, 6.07) is 0. The molecule has 0 aromatic rings. The van der Waals surface area contributed by atoms with Gasteiger partial charge in [0.2, 0.25) is 0 Å². The summed E-state index contributed by atoms with van der Waals surface area (Å²) >= 11 is 0. The standard InChI is InChI=1S/C18H28O4/c1-3-4-17(19)21-15-11-7-14(8-12-15)18(20)22-16-9-5-13(2)6-10-16/h3-4,13-16H,5-12H2,1-2H3. The molecule has 0 heterocycles. The lowest BCUT2D eigenvalue weighted by Gasteiger charge is -2.30. The Bertz CT molecular complexity index is 399. The number of rotatable bonds is 4. The first kappa shape index (κ1) is 17.0. The van der Waals surface area contributed by atoms with Crippen LogP contribution in [0.25, 0.3) is 0 Å². The molecule has 0 aromatic heterocycles. The molecule has 0 saturated heterocycles. The highest BCUT2D eigenvalue weighted by Gasteiger charge is 2.31. The number of hydrogen-bond acceptors (Lipinski definition) is 4. The first-order valence-corrected chi connectivity index (χ1v) is 8.62. The molecule has 0 aliphatic heterocycles. The SMILES string of the molecule is CC=CC(=O)OC1CCC(C(=O)OC2CCC(C)CC2)CC1. The van der Waals surface area contributed by atoms with E-state index in [1.54, 1.807) is 13.0 Å². The van der Waals surface area contributed by atoms with Gasteiger partial charge in [0.05, 0.1) is 5.92 Å². The Labute approximate surface area is 133 Å². The molecule has 2 aliphatic carbocycles. The zero-order chi connectivity index (χ0) is 15.9. The van der Waals surface area contributed by atoms with Gasteiger partial charge in [0.1, 0.15) is 12.2 Å². The van der Waals surface area contributed by atoms with E-state index < -0.39 is 0 Å². The fourth-order valence-corrected chi connectivity index (χ4v) is 3.36. The third-order valence-corrected chi connectivity index (χ3v) is 4.84. The topological polar surface area (TPSA) is 52.6 Å². The van der Waals surface area contributed by atoms with E-state index in [1.807, 2.05) is 0 Å². The molecule has 4 heteroatoms. The fourth-order valence-electron chi connectivity index (χ4n) is 3.36. The van der Waals surface area contributed by atoms with Crippen LogP contribution in [0.2, 0.25) is 0 Å². The van der Waals surface area contributed by atoms with Crippen LogP contribution in [0, 0.1) is 11.8 Å². The van der Waals surface area contributed by atoms with Crippen molar-refractivity contribution in [2.45, 2.75) is 77.4 Å². The number of ether oxygens (including phenoxy) is 2. The van der Waals surface area contributed by atoms with Crippen LogP contribution in [0.15, 0.2) is 12.2 Å². The Hall–Kier alpha value is -1.32. The predicted octanol–water partition coefficient (Wildman–Crippen LogP) is 3.79. The van der Waals surface area contributed by atoms with Gasteiger partial charge in [-0.3, -0.25) is 4.79 Å². The number of carbonyl (C=O) groups excluding carboxylic acids is 2. The molecule has 4 nitrogen and oxygen atoms in total. The van der Waals surface area contributed by atoms with Gasteiger partial charge in [0, 0.05) is 6.08 Å². The third-order valence-electron chi connectivity index (χ3n) is 4.84. The second kappa shape index (κ2) is 8.35. The second-order valence-electron chi connectivity index (χ2n) is 6.73. The molecule has 0 spiro atoms. The molecule has 0 N–H and O–H groups in total. The summed E-state index contributed by atoms with van der Waals surface area (Å²) in [5, 5.41) is 0. The van der Waals surface area contributed by atoms with Gasteiger partial charge in [-0.2, -0.15) is 0 Å². The summed E-state index contributed by atoms with van der Waals surface area (Å²) < 4.78 is 11.0. The molecule has 2 fully saturated rings. The molecule has 2 saturated carbocycles. The van der Waals surface area contributed by atoms with E-state index in [0.717, 1.165) is 57.3 Å². The Morgan fingerprint density at radius 3 is 2.00 bits per heavy atom. The average Bonchev–Trinajstić information content (AvgIpc) is 2.50. The molecule has 2 aliphatic rings. The summed E-state index contributed by atoms with van der Waals surface area (Å²) in [6.07, 6.45) is 10.5. The Balaban J connectivity index is 1.69. The van der Waals surface area contributed by atoms with Crippen LogP contribution in [-0.4, -0.2) is 24.1 Å². The summed E-state index contributed by atoms with van der Waals surface area (Å²) in [5.41, 5.74) is 0. The fraction of sp³-hybridized carbons (Fsp3) is 0.778. The van der Waals surface area contributed by atoms with Crippen molar-refractivity contribution in [3.8, 4) is 0 Å². The van der Waals surface area contributed by atoms with Crippen LogP contribution in [0.5, 0.6) is 0 Å². The van der Waals surface area contributed by atoms with Crippen molar-refractivity contribution in [1.82, 2.24) is 0 Å². The molecule has 0 amide bonds. The first-order chi connectivity index (χ1) is 10.6. The molecule has 0 radical (unpaired) electrons. The highest BCUT2D eigenvalue weighted by Crippen LogP contribution is 2.30. The number of hydrogen-bond donors (Lipinski definition) is 0. The quantitative estimate of drug-likeness (QED) is 0.586. The Kier molecular flexibility index (Phi) is 6.47. The summed E-state index contributed by atoms with van der Waals surface area (Å²) in [5.74, 6) is 0.413. The first-order valence-electron chi connectivity index (χ1n) is 8.62. The van der Waals surface area contributed by atoms with Crippen LogP contribution >= 0.6 is 0 Å². The normalized spacial score (nSPS) is 32.6. The van der Waals surface area contributed by atoms with E-state index in [9.17, 15) is 9.59 Å². The van der Waals surface area contributed by atoms with E-state index >= 15 is 0 Å². The predicted molar refractivity (Wildman–Crippen MR) is 84.2 cm³/mol. The number of carbonyl (C=O) groups is 2. The van der Waals surface area contributed by atoms with Crippen LogP contribution in [0.3, 0.4) is 0 Å². The van der Waals surface area contributed by atoms with Gasteiger partial charge in [-0.15, -0.1) is 0 Å². The molecular weight excluding hydrogens is 280 g/mol. The second-order valence-corrected chi connectivity index (χ2v) is 6.73. The number of allylic oxidation sites excluding steroid dienone is 1. The van der Waals surface area contributed by atoms with Gasteiger partial charge >= 0.3 is 11.9 Å². The van der Waals surface area contributed by atoms with Gasteiger partial charge in [0.25, 0.3) is 0 Å². The monoisotopic (exact) mass is 308 g/mol. The zero-order valence-corrected chi connectivity index (χ0v) is 13.8. The van der Waals surface area contributed by atoms with E-state index in [4.69, 9.17) is 9.47 Å². The third kappa shape index (κ3) is 5.15.